The van der Waals surface area contributed by atoms with Crippen LogP contribution in [-0.2, 0) is 9.53 Å². The summed E-state index contributed by atoms with van der Waals surface area (Å²) in [7, 11) is 0. The third kappa shape index (κ3) is 1.70. The molecule has 4 rings (SSSR count). The Morgan fingerprint density at radius 3 is 2.47 bits per heavy atom. The van der Waals surface area contributed by atoms with Crippen LogP contribution < -0.4 is 5.32 Å². The first kappa shape index (κ1) is 13.4. The molecule has 1 heterocycles. The highest BCUT2D eigenvalue weighted by Gasteiger charge is 2.69. The van der Waals surface area contributed by atoms with E-state index in [0.29, 0.717) is 17.3 Å². The van der Waals surface area contributed by atoms with Crippen LogP contribution in [0.3, 0.4) is 0 Å². The van der Waals surface area contributed by atoms with Crippen LogP contribution in [0.25, 0.3) is 0 Å². The summed E-state index contributed by atoms with van der Waals surface area (Å²) in [5.74, 6) is 1.83. The lowest BCUT2D eigenvalue weighted by Gasteiger charge is -2.65. The van der Waals surface area contributed by atoms with Crippen LogP contribution in [0.2, 0.25) is 0 Å². The van der Waals surface area contributed by atoms with E-state index < -0.39 is 0 Å². The van der Waals surface area contributed by atoms with E-state index in [9.17, 15) is 4.79 Å². The van der Waals surface area contributed by atoms with Gasteiger partial charge in [0.1, 0.15) is 5.60 Å². The summed E-state index contributed by atoms with van der Waals surface area (Å²) in [5, 5.41) is 3.47. The van der Waals surface area contributed by atoms with Crippen molar-refractivity contribution < 1.29 is 9.53 Å². The minimum Gasteiger partial charge on any atom is -0.459 e. The molecule has 3 nitrogen and oxygen atoms in total. The maximum atomic E-state index is 12.9. The van der Waals surface area contributed by atoms with Crippen molar-refractivity contribution in [3.8, 4) is 0 Å². The zero-order valence-corrected chi connectivity index (χ0v) is 12.9. The SMILES string of the molecule is CC(C)(C)OC(=O)C12CNCC1CC1CC2C1(C)C. The van der Waals surface area contributed by atoms with Gasteiger partial charge in [-0.15, -0.1) is 0 Å². The van der Waals surface area contributed by atoms with E-state index in [1.807, 2.05) is 20.8 Å². The Hall–Kier alpha value is -0.570. The van der Waals surface area contributed by atoms with Gasteiger partial charge in [-0.25, -0.2) is 0 Å². The lowest BCUT2D eigenvalue weighted by atomic mass is 9.38. The van der Waals surface area contributed by atoms with E-state index >= 15 is 0 Å². The summed E-state index contributed by atoms with van der Waals surface area (Å²) >= 11 is 0. The Labute approximate surface area is 116 Å². The predicted octanol–water partition coefficient (Wildman–Crippen LogP) is 2.60. The van der Waals surface area contributed by atoms with Gasteiger partial charge in [0.2, 0.25) is 0 Å². The van der Waals surface area contributed by atoms with Crippen LogP contribution in [0.15, 0.2) is 0 Å². The third-order valence-corrected chi connectivity index (χ3v) is 5.98. The minimum atomic E-state index is -0.385. The number of hydrogen-bond donors (Lipinski definition) is 1. The van der Waals surface area contributed by atoms with Crippen molar-refractivity contribution in [3.05, 3.63) is 0 Å². The topological polar surface area (TPSA) is 38.3 Å². The molecule has 4 aliphatic rings. The Kier molecular flexibility index (Phi) is 2.65. The van der Waals surface area contributed by atoms with Crippen LogP contribution in [0, 0.1) is 28.6 Å². The van der Waals surface area contributed by atoms with Gasteiger partial charge in [-0.1, -0.05) is 13.8 Å². The molecule has 0 radical (unpaired) electrons. The number of carbonyl (C=O) groups is 1. The van der Waals surface area contributed by atoms with E-state index in [4.69, 9.17) is 4.74 Å². The second-order valence-corrected chi connectivity index (χ2v) is 8.41. The minimum absolute atomic E-state index is 0.0474. The summed E-state index contributed by atoms with van der Waals surface area (Å²) in [5.41, 5.74) is -0.339. The summed E-state index contributed by atoms with van der Waals surface area (Å²) < 4.78 is 5.79. The maximum Gasteiger partial charge on any atom is 0.314 e. The molecule has 0 spiro atoms. The van der Waals surface area contributed by atoms with Crippen molar-refractivity contribution in [1.82, 2.24) is 5.32 Å². The van der Waals surface area contributed by atoms with Gasteiger partial charge in [0.25, 0.3) is 0 Å². The Balaban J connectivity index is 1.92. The van der Waals surface area contributed by atoms with Crippen LogP contribution in [-0.4, -0.2) is 24.7 Å². The Morgan fingerprint density at radius 1 is 1.21 bits per heavy atom. The first-order valence-electron chi connectivity index (χ1n) is 7.62. The second-order valence-electron chi connectivity index (χ2n) is 8.41. The number of rotatable bonds is 1. The van der Waals surface area contributed by atoms with Gasteiger partial charge < -0.3 is 10.1 Å². The monoisotopic (exact) mass is 265 g/mol. The number of carbonyl (C=O) groups excluding carboxylic acids is 1. The van der Waals surface area contributed by atoms with E-state index in [2.05, 4.69) is 19.2 Å². The van der Waals surface area contributed by atoms with Gasteiger partial charge in [-0.2, -0.15) is 0 Å². The van der Waals surface area contributed by atoms with Gasteiger partial charge >= 0.3 is 5.97 Å². The molecule has 1 N–H and O–H groups in total. The highest BCUT2D eigenvalue weighted by Crippen LogP contribution is 2.69. The molecule has 4 fully saturated rings. The molecule has 0 aromatic rings. The summed E-state index contributed by atoms with van der Waals surface area (Å²) in [4.78, 5) is 12.9. The molecular formula is C16H27NO2. The molecule has 3 aliphatic carbocycles. The van der Waals surface area contributed by atoms with Crippen LogP contribution >= 0.6 is 0 Å². The molecule has 3 saturated carbocycles. The van der Waals surface area contributed by atoms with Crippen molar-refractivity contribution in [2.24, 2.45) is 28.6 Å². The number of ether oxygens (including phenoxy) is 1. The molecule has 4 atom stereocenters. The van der Waals surface area contributed by atoms with Crippen molar-refractivity contribution >= 4 is 5.97 Å². The molecule has 2 bridgehead atoms. The fourth-order valence-corrected chi connectivity index (χ4v) is 4.87. The predicted molar refractivity (Wildman–Crippen MR) is 74.6 cm³/mol. The molecule has 108 valence electrons. The molecule has 1 aliphatic heterocycles. The number of hydrogen-bond acceptors (Lipinski definition) is 3. The first-order chi connectivity index (χ1) is 8.68. The summed E-state index contributed by atoms with van der Waals surface area (Å²) in [6.45, 7) is 12.4. The highest BCUT2D eigenvalue weighted by molar-refractivity contribution is 5.80. The zero-order chi connectivity index (χ0) is 14.1. The van der Waals surface area contributed by atoms with Crippen molar-refractivity contribution in [3.63, 3.8) is 0 Å². The second kappa shape index (κ2) is 3.75. The third-order valence-electron chi connectivity index (χ3n) is 5.98. The molecule has 4 unspecified atom stereocenters. The fraction of sp³-hybridized carbons (Fsp3) is 0.938. The Bertz CT molecular complexity index is 409. The standard InChI is InChI=1S/C16H27NO2/c1-14(2,3)19-13(18)16-9-17-8-11(16)6-10-7-12(16)15(10,4)5/h10-12,17H,6-9H2,1-5H3. The van der Waals surface area contributed by atoms with Crippen LogP contribution in [0.4, 0.5) is 0 Å². The molecule has 3 heteroatoms. The van der Waals surface area contributed by atoms with Crippen molar-refractivity contribution in [1.29, 1.82) is 0 Å². The van der Waals surface area contributed by atoms with Crippen LogP contribution in [0.5, 0.6) is 0 Å². The molecule has 0 amide bonds. The lowest BCUT2D eigenvalue weighted by molar-refractivity contribution is -0.211. The quantitative estimate of drug-likeness (QED) is 0.741. The largest absolute Gasteiger partial charge is 0.459 e. The molecule has 19 heavy (non-hydrogen) atoms. The molecule has 0 aromatic heterocycles. The molecule has 1 saturated heterocycles. The van der Waals surface area contributed by atoms with Crippen molar-refractivity contribution in [2.45, 2.75) is 53.1 Å². The van der Waals surface area contributed by atoms with Gasteiger partial charge in [-0.3, -0.25) is 4.79 Å². The molecule has 0 aromatic carbocycles. The van der Waals surface area contributed by atoms with E-state index in [-0.39, 0.29) is 17.0 Å². The fourth-order valence-electron chi connectivity index (χ4n) is 4.87. The van der Waals surface area contributed by atoms with E-state index in [0.717, 1.165) is 19.0 Å². The van der Waals surface area contributed by atoms with Crippen LogP contribution in [0.1, 0.15) is 47.5 Å². The van der Waals surface area contributed by atoms with Gasteiger partial charge in [0.15, 0.2) is 0 Å². The van der Waals surface area contributed by atoms with E-state index in [1.165, 1.54) is 12.8 Å². The summed E-state index contributed by atoms with van der Waals surface area (Å²) in [6, 6.07) is 0. The van der Waals surface area contributed by atoms with Crippen molar-refractivity contribution in [2.75, 3.05) is 13.1 Å². The highest BCUT2D eigenvalue weighted by atomic mass is 16.6. The lowest BCUT2D eigenvalue weighted by Crippen LogP contribution is -2.65. The average molecular weight is 265 g/mol. The number of nitrogens with one attached hydrogen (secondary N) is 1. The normalized spacial score (nSPS) is 43.3. The maximum absolute atomic E-state index is 12.9. The van der Waals surface area contributed by atoms with Gasteiger partial charge in [0.05, 0.1) is 5.41 Å². The van der Waals surface area contributed by atoms with E-state index in [1.54, 1.807) is 0 Å². The smallest absolute Gasteiger partial charge is 0.314 e. The zero-order valence-electron chi connectivity index (χ0n) is 12.9. The summed E-state index contributed by atoms with van der Waals surface area (Å²) in [6.07, 6.45) is 2.40. The van der Waals surface area contributed by atoms with Gasteiger partial charge in [0, 0.05) is 6.54 Å². The average Bonchev–Trinajstić information content (AvgIpc) is 2.70. The number of esters is 1. The molecular weight excluding hydrogens is 238 g/mol. The van der Waals surface area contributed by atoms with Gasteiger partial charge in [-0.05, 0) is 63.3 Å². The first-order valence-corrected chi connectivity index (χ1v) is 7.62. The Morgan fingerprint density at radius 2 is 1.89 bits per heavy atom.